The molecule has 0 unspecified atom stereocenters. The molecule has 1 aromatic heterocycles. The maximum absolute atomic E-state index is 12.5. The number of carbonyl (C=O) groups excluding carboxylic acids is 1. The summed E-state index contributed by atoms with van der Waals surface area (Å²) in [5, 5.41) is 6.93. The molecule has 3 rings (SSSR count). The predicted octanol–water partition coefficient (Wildman–Crippen LogP) is 2.90. The van der Waals surface area contributed by atoms with Crippen molar-refractivity contribution in [2.24, 2.45) is 0 Å². The van der Waals surface area contributed by atoms with Crippen LogP contribution in [0.4, 0.5) is 5.69 Å². The molecule has 6 nitrogen and oxygen atoms in total. The quantitative estimate of drug-likeness (QED) is 0.750. The molecule has 3 aromatic rings. The van der Waals surface area contributed by atoms with Crippen molar-refractivity contribution in [3.05, 3.63) is 77.6 Å². The Bertz CT molecular complexity index is 1020. The Morgan fingerprint density at radius 2 is 1.88 bits per heavy atom. The van der Waals surface area contributed by atoms with Gasteiger partial charge in [0.25, 0.3) is 5.91 Å². The van der Waals surface area contributed by atoms with Gasteiger partial charge in [0.15, 0.2) is 9.84 Å². The fraction of sp³-hybridized carbons (Fsp3) is 0.158. The highest BCUT2D eigenvalue weighted by atomic mass is 32.2. The second kappa shape index (κ2) is 7.13. The third kappa shape index (κ3) is 4.18. The highest BCUT2D eigenvalue weighted by Crippen LogP contribution is 2.21. The van der Waals surface area contributed by atoms with Gasteiger partial charge in [-0.2, -0.15) is 5.10 Å². The lowest BCUT2D eigenvalue weighted by atomic mass is 10.1. The number of rotatable bonds is 5. The summed E-state index contributed by atoms with van der Waals surface area (Å²) < 4.78 is 25.2. The highest BCUT2D eigenvalue weighted by Gasteiger charge is 2.12. The van der Waals surface area contributed by atoms with Crippen LogP contribution in [0, 0.1) is 6.92 Å². The SMILES string of the molecule is Cc1ccc(S(C)(=O)=O)cc1NC(=O)c1ccc(Cn2cccn2)cc1. The van der Waals surface area contributed by atoms with Crippen LogP contribution >= 0.6 is 0 Å². The number of nitrogens with zero attached hydrogens (tertiary/aromatic N) is 2. The van der Waals surface area contributed by atoms with Crippen LogP contribution in [0.5, 0.6) is 0 Å². The Morgan fingerprint density at radius 1 is 1.15 bits per heavy atom. The first-order chi connectivity index (χ1) is 12.3. The van der Waals surface area contributed by atoms with Gasteiger partial charge >= 0.3 is 0 Å². The lowest BCUT2D eigenvalue weighted by molar-refractivity contribution is 0.102. The molecule has 2 aromatic carbocycles. The lowest BCUT2D eigenvalue weighted by Gasteiger charge is -2.10. The maximum Gasteiger partial charge on any atom is 0.255 e. The average molecular weight is 369 g/mol. The molecule has 0 saturated carbocycles. The van der Waals surface area contributed by atoms with Gasteiger partial charge in [0.2, 0.25) is 0 Å². The van der Waals surface area contributed by atoms with Gasteiger partial charge in [-0.05, 0) is 48.4 Å². The van der Waals surface area contributed by atoms with Crippen LogP contribution < -0.4 is 5.32 Å². The predicted molar refractivity (Wildman–Crippen MR) is 100 cm³/mol. The minimum absolute atomic E-state index is 0.174. The molecular formula is C19H19N3O3S. The minimum Gasteiger partial charge on any atom is -0.322 e. The lowest BCUT2D eigenvalue weighted by Crippen LogP contribution is -2.13. The van der Waals surface area contributed by atoms with Gasteiger partial charge in [-0.3, -0.25) is 9.48 Å². The van der Waals surface area contributed by atoms with E-state index in [1.807, 2.05) is 31.3 Å². The van der Waals surface area contributed by atoms with E-state index in [9.17, 15) is 13.2 Å². The van der Waals surface area contributed by atoms with Crippen LogP contribution in [-0.4, -0.2) is 30.4 Å². The highest BCUT2D eigenvalue weighted by molar-refractivity contribution is 7.90. The van der Waals surface area contributed by atoms with E-state index in [0.29, 0.717) is 17.8 Å². The molecule has 0 spiro atoms. The van der Waals surface area contributed by atoms with Crippen molar-refractivity contribution in [2.45, 2.75) is 18.4 Å². The second-order valence-electron chi connectivity index (χ2n) is 6.10. The van der Waals surface area contributed by atoms with E-state index in [-0.39, 0.29) is 10.8 Å². The van der Waals surface area contributed by atoms with Crippen LogP contribution in [0.3, 0.4) is 0 Å². The number of hydrogen-bond donors (Lipinski definition) is 1. The summed E-state index contributed by atoms with van der Waals surface area (Å²) >= 11 is 0. The van der Waals surface area contributed by atoms with Gasteiger partial charge < -0.3 is 5.32 Å². The first-order valence-electron chi connectivity index (χ1n) is 8.01. The molecule has 0 bridgehead atoms. The van der Waals surface area contributed by atoms with Crippen molar-refractivity contribution in [3.63, 3.8) is 0 Å². The summed E-state index contributed by atoms with van der Waals surface area (Å²) in [5.41, 5.74) is 2.80. The Kier molecular flexibility index (Phi) is 4.90. The van der Waals surface area contributed by atoms with E-state index in [2.05, 4.69) is 10.4 Å². The molecule has 7 heteroatoms. The van der Waals surface area contributed by atoms with Crippen LogP contribution in [0.2, 0.25) is 0 Å². The number of aryl methyl sites for hydroxylation is 1. The largest absolute Gasteiger partial charge is 0.322 e. The van der Waals surface area contributed by atoms with E-state index < -0.39 is 9.84 Å². The molecule has 26 heavy (non-hydrogen) atoms. The smallest absolute Gasteiger partial charge is 0.255 e. The van der Waals surface area contributed by atoms with E-state index in [4.69, 9.17) is 0 Å². The summed E-state index contributed by atoms with van der Waals surface area (Å²) in [6, 6.07) is 13.8. The molecule has 134 valence electrons. The number of anilines is 1. The molecule has 0 saturated heterocycles. The van der Waals surface area contributed by atoms with Crippen molar-refractivity contribution < 1.29 is 13.2 Å². The molecule has 0 radical (unpaired) electrons. The molecule has 0 atom stereocenters. The number of carbonyl (C=O) groups is 1. The van der Waals surface area contributed by atoms with Crippen LogP contribution in [0.15, 0.2) is 65.8 Å². The number of hydrogen-bond acceptors (Lipinski definition) is 4. The summed E-state index contributed by atoms with van der Waals surface area (Å²) in [5.74, 6) is -0.288. The van der Waals surface area contributed by atoms with E-state index >= 15 is 0 Å². The van der Waals surface area contributed by atoms with Crippen LogP contribution in [-0.2, 0) is 16.4 Å². The second-order valence-corrected chi connectivity index (χ2v) is 8.12. The molecule has 1 N–H and O–H groups in total. The Balaban J connectivity index is 1.76. The Labute approximate surface area is 152 Å². The molecule has 0 aliphatic carbocycles. The van der Waals surface area contributed by atoms with E-state index in [1.165, 1.54) is 12.1 Å². The number of sulfone groups is 1. The zero-order chi connectivity index (χ0) is 18.7. The van der Waals surface area contributed by atoms with Crippen LogP contribution in [0.25, 0.3) is 0 Å². The molecule has 0 aliphatic heterocycles. The fourth-order valence-corrected chi connectivity index (χ4v) is 3.15. The van der Waals surface area contributed by atoms with E-state index in [0.717, 1.165) is 17.4 Å². The molecule has 0 fully saturated rings. The molecule has 0 aliphatic rings. The molecule has 1 heterocycles. The van der Waals surface area contributed by atoms with Crippen molar-refractivity contribution >= 4 is 21.4 Å². The van der Waals surface area contributed by atoms with Gasteiger partial charge in [-0.15, -0.1) is 0 Å². The van der Waals surface area contributed by atoms with Gasteiger partial charge in [0.1, 0.15) is 0 Å². The summed E-state index contributed by atoms with van der Waals surface area (Å²) in [7, 11) is -3.33. The minimum atomic E-state index is -3.33. The van der Waals surface area contributed by atoms with Crippen molar-refractivity contribution in [1.82, 2.24) is 9.78 Å². The first-order valence-corrected chi connectivity index (χ1v) is 9.90. The van der Waals surface area contributed by atoms with E-state index in [1.54, 1.807) is 29.1 Å². The molecule has 1 amide bonds. The van der Waals surface area contributed by atoms with Crippen molar-refractivity contribution in [2.75, 3.05) is 11.6 Å². The third-order valence-corrected chi connectivity index (χ3v) is 5.12. The first kappa shape index (κ1) is 17.9. The Hall–Kier alpha value is -2.93. The number of aromatic nitrogens is 2. The molecular weight excluding hydrogens is 350 g/mol. The standard InChI is InChI=1S/C19H19N3O3S/c1-14-4-9-17(26(2,24)25)12-18(14)21-19(23)16-7-5-15(6-8-16)13-22-11-3-10-20-22/h3-12H,13H2,1-2H3,(H,21,23). The van der Waals surface area contributed by atoms with Crippen molar-refractivity contribution in [3.8, 4) is 0 Å². The average Bonchev–Trinajstić information content (AvgIpc) is 3.09. The monoisotopic (exact) mass is 369 g/mol. The maximum atomic E-state index is 12.5. The van der Waals surface area contributed by atoms with Crippen LogP contribution in [0.1, 0.15) is 21.5 Å². The van der Waals surface area contributed by atoms with Gasteiger partial charge in [0, 0.05) is 29.9 Å². The summed E-state index contributed by atoms with van der Waals surface area (Å²) in [4.78, 5) is 12.7. The zero-order valence-corrected chi connectivity index (χ0v) is 15.3. The van der Waals surface area contributed by atoms with Crippen molar-refractivity contribution in [1.29, 1.82) is 0 Å². The fourth-order valence-electron chi connectivity index (χ4n) is 2.50. The summed E-state index contributed by atoms with van der Waals surface area (Å²) in [6.45, 7) is 2.44. The van der Waals surface area contributed by atoms with Gasteiger partial charge in [-0.1, -0.05) is 18.2 Å². The number of amides is 1. The summed E-state index contributed by atoms with van der Waals surface area (Å²) in [6.07, 6.45) is 4.73. The normalized spacial score (nSPS) is 11.3. The number of nitrogens with one attached hydrogen (secondary N) is 1. The topological polar surface area (TPSA) is 81.1 Å². The van der Waals surface area contributed by atoms with Gasteiger partial charge in [-0.25, -0.2) is 8.42 Å². The van der Waals surface area contributed by atoms with Gasteiger partial charge in [0.05, 0.1) is 11.4 Å². The third-order valence-electron chi connectivity index (χ3n) is 4.01. The zero-order valence-electron chi connectivity index (χ0n) is 14.5. The number of benzene rings is 2. The Morgan fingerprint density at radius 3 is 2.50 bits per heavy atom.